The van der Waals surface area contributed by atoms with E-state index < -0.39 is 0 Å². The van der Waals surface area contributed by atoms with Gasteiger partial charge in [0, 0.05) is 22.2 Å². The minimum Gasteiger partial charge on any atom is -0.393 e. The van der Waals surface area contributed by atoms with Crippen LogP contribution < -0.4 is 4.90 Å². The maximum Gasteiger partial charge on any atom is 0.0579 e. The van der Waals surface area contributed by atoms with Crippen molar-refractivity contribution in [2.24, 2.45) is 0 Å². The highest BCUT2D eigenvalue weighted by Crippen LogP contribution is 2.39. The molecule has 2 bridgehead atoms. The Balaban J connectivity index is 1.88. The van der Waals surface area contributed by atoms with Gasteiger partial charge in [-0.2, -0.15) is 0 Å². The molecular formula is C13H16BrNO. The first-order valence-electron chi connectivity index (χ1n) is 5.96. The van der Waals surface area contributed by atoms with E-state index in [2.05, 4.69) is 45.1 Å². The Morgan fingerprint density at radius 2 is 1.62 bits per heavy atom. The molecule has 2 nitrogen and oxygen atoms in total. The molecule has 2 unspecified atom stereocenters. The number of fused-ring (bicyclic) bond motifs is 2. The van der Waals surface area contributed by atoms with E-state index in [1.54, 1.807) is 0 Å². The fourth-order valence-corrected chi connectivity index (χ4v) is 3.45. The minimum absolute atomic E-state index is 0.0794. The van der Waals surface area contributed by atoms with Gasteiger partial charge in [-0.1, -0.05) is 15.9 Å². The van der Waals surface area contributed by atoms with Crippen LogP contribution in [0.2, 0.25) is 0 Å². The van der Waals surface area contributed by atoms with Crippen molar-refractivity contribution in [2.45, 2.75) is 43.9 Å². The molecule has 2 saturated heterocycles. The second-order valence-electron chi connectivity index (χ2n) is 4.89. The van der Waals surface area contributed by atoms with Crippen molar-refractivity contribution >= 4 is 21.6 Å². The zero-order chi connectivity index (χ0) is 11.1. The van der Waals surface area contributed by atoms with E-state index in [-0.39, 0.29) is 6.10 Å². The second-order valence-corrected chi connectivity index (χ2v) is 5.81. The molecule has 3 heteroatoms. The number of rotatable bonds is 1. The van der Waals surface area contributed by atoms with E-state index in [0.717, 1.165) is 17.3 Å². The predicted molar refractivity (Wildman–Crippen MR) is 68.7 cm³/mol. The fourth-order valence-electron chi connectivity index (χ4n) is 3.18. The normalized spacial score (nSPS) is 33.1. The lowest BCUT2D eigenvalue weighted by atomic mass is 9.99. The van der Waals surface area contributed by atoms with Gasteiger partial charge in [0.15, 0.2) is 0 Å². The van der Waals surface area contributed by atoms with Gasteiger partial charge in [0.05, 0.1) is 6.10 Å². The van der Waals surface area contributed by atoms with E-state index in [4.69, 9.17) is 0 Å². The Labute approximate surface area is 104 Å². The lowest BCUT2D eigenvalue weighted by molar-refractivity contribution is 0.126. The van der Waals surface area contributed by atoms with Crippen molar-refractivity contribution < 1.29 is 5.11 Å². The third-order valence-corrected chi connectivity index (χ3v) is 4.36. The third kappa shape index (κ3) is 1.76. The molecule has 0 radical (unpaired) electrons. The number of aliphatic hydroxyl groups is 1. The molecule has 0 amide bonds. The van der Waals surface area contributed by atoms with E-state index in [0.29, 0.717) is 12.1 Å². The van der Waals surface area contributed by atoms with Gasteiger partial charge >= 0.3 is 0 Å². The highest BCUT2D eigenvalue weighted by molar-refractivity contribution is 9.10. The van der Waals surface area contributed by atoms with Gasteiger partial charge in [0.1, 0.15) is 0 Å². The third-order valence-electron chi connectivity index (χ3n) is 3.83. The summed E-state index contributed by atoms with van der Waals surface area (Å²) in [4.78, 5) is 2.51. The van der Waals surface area contributed by atoms with Crippen LogP contribution in [0.25, 0.3) is 0 Å². The van der Waals surface area contributed by atoms with Crippen molar-refractivity contribution in [1.29, 1.82) is 0 Å². The summed E-state index contributed by atoms with van der Waals surface area (Å²) in [6.45, 7) is 0. The Hall–Kier alpha value is -0.540. The largest absolute Gasteiger partial charge is 0.393 e. The van der Waals surface area contributed by atoms with Crippen molar-refractivity contribution in [1.82, 2.24) is 0 Å². The number of nitrogens with zero attached hydrogens (tertiary/aromatic N) is 1. The molecule has 0 saturated carbocycles. The molecule has 2 heterocycles. The van der Waals surface area contributed by atoms with E-state index >= 15 is 0 Å². The maximum atomic E-state index is 9.76. The van der Waals surface area contributed by atoms with Gasteiger partial charge in [0.25, 0.3) is 0 Å². The molecule has 3 rings (SSSR count). The number of hydrogen-bond acceptors (Lipinski definition) is 2. The van der Waals surface area contributed by atoms with Crippen LogP contribution in [0.1, 0.15) is 25.7 Å². The van der Waals surface area contributed by atoms with E-state index in [1.807, 2.05) is 0 Å². The van der Waals surface area contributed by atoms with Crippen LogP contribution in [0.4, 0.5) is 5.69 Å². The zero-order valence-corrected chi connectivity index (χ0v) is 10.7. The first-order chi connectivity index (χ1) is 7.74. The molecule has 2 fully saturated rings. The van der Waals surface area contributed by atoms with Crippen LogP contribution in [0.15, 0.2) is 28.7 Å². The minimum atomic E-state index is -0.0794. The molecule has 1 aromatic rings. The predicted octanol–water partition coefficient (Wildman–Crippen LogP) is 2.94. The summed E-state index contributed by atoms with van der Waals surface area (Å²) in [6.07, 6.45) is 4.26. The summed E-state index contributed by atoms with van der Waals surface area (Å²) in [6, 6.07) is 9.64. The van der Waals surface area contributed by atoms with Crippen molar-refractivity contribution in [3.8, 4) is 0 Å². The lowest BCUT2D eigenvalue weighted by Crippen LogP contribution is -2.44. The number of halogens is 1. The monoisotopic (exact) mass is 281 g/mol. The first-order valence-corrected chi connectivity index (χ1v) is 6.75. The summed E-state index contributed by atoms with van der Waals surface area (Å²) in [7, 11) is 0. The second kappa shape index (κ2) is 4.04. The average molecular weight is 282 g/mol. The number of hydrogen-bond donors (Lipinski definition) is 1. The molecule has 86 valence electrons. The smallest absolute Gasteiger partial charge is 0.0579 e. The SMILES string of the molecule is OC1CC2CCC(C1)N2c1ccc(Br)cc1. The van der Waals surface area contributed by atoms with Crippen LogP contribution in [0.5, 0.6) is 0 Å². The van der Waals surface area contributed by atoms with Gasteiger partial charge < -0.3 is 10.0 Å². The fraction of sp³-hybridized carbons (Fsp3) is 0.538. The van der Waals surface area contributed by atoms with Crippen LogP contribution in [-0.2, 0) is 0 Å². The van der Waals surface area contributed by atoms with Crippen LogP contribution >= 0.6 is 15.9 Å². The van der Waals surface area contributed by atoms with Crippen molar-refractivity contribution in [2.75, 3.05) is 4.90 Å². The van der Waals surface area contributed by atoms with Gasteiger partial charge in [-0.15, -0.1) is 0 Å². The Morgan fingerprint density at radius 1 is 1.06 bits per heavy atom. The van der Waals surface area contributed by atoms with Crippen LogP contribution in [-0.4, -0.2) is 23.3 Å². The molecule has 0 aromatic heterocycles. The highest BCUT2D eigenvalue weighted by Gasteiger charge is 2.39. The summed E-state index contributed by atoms with van der Waals surface area (Å²) in [5.41, 5.74) is 1.31. The molecule has 2 aliphatic heterocycles. The molecule has 0 spiro atoms. The lowest BCUT2D eigenvalue weighted by Gasteiger charge is -2.39. The number of anilines is 1. The number of piperidine rings is 1. The van der Waals surface area contributed by atoms with Crippen molar-refractivity contribution in [3.63, 3.8) is 0 Å². The van der Waals surface area contributed by atoms with E-state index in [1.165, 1.54) is 18.5 Å². The van der Waals surface area contributed by atoms with Gasteiger partial charge in [-0.25, -0.2) is 0 Å². The van der Waals surface area contributed by atoms with Crippen LogP contribution in [0.3, 0.4) is 0 Å². The summed E-state index contributed by atoms with van der Waals surface area (Å²) in [5.74, 6) is 0. The Morgan fingerprint density at radius 3 is 2.19 bits per heavy atom. The zero-order valence-electron chi connectivity index (χ0n) is 9.14. The Kier molecular flexibility index (Phi) is 2.68. The van der Waals surface area contributed by atoms with Gasteiger partial charge in [-0.05, 0) is 49.9 Å². The number of aliphatic hydroxyl groups excluding tert-OH is 1. The molecular weight excluding hydrogens is 266 g/mol. The number of benzene rings is 1. The maximum absolute atomic E-state index is 9.76. The van der Waals surface area contributed by atoms with Gasteiger partial charge in [0.2, 0.25) is 0 Å². The first kappa shape index (κ1) is 10.6. The molecule has 1 N–H and O–H groups in total. The summed E-state index contributed by atoms with van der Waals surface area (Å²) < 4.78 is 1.13. The molecule has 16 heavy (non-hydrogen) atoms. The topological polar surface area (TPSA) is 23.5 Å². The molecule has 1 aromatic carbocycles. The standard InChI is InChI=1S/C13H16BrNO/c14-9-1-3-10(4-2-9)15-11-5-6-12(15)8-13(16)7-11/h1-4,11-13,16H,5-8H2. The highest BCUT2D eigenvalue weighted by atomic mass is 79.9. The summed E-state index contributed by atoms with van der Waals surface area (Å²) in [5, 5.41) is 9.76. The quantitative estimate of drug-likeness (QED) is 0.856. The van der Waals surface area contributed by atoms with Crippen molar-refractivity contribution in [3.05, 3.63) is 28.7 Å². The molecule has 2 aliphatic rings. The summed E-state index contributed by atoms with van der Waals surface area (Å²) >= 11 is 3.47. The average Bonchev–Trinajstić information content (AvgIpc) is 2.54. The molecule has 2 atom stereocenters. The molecule has 0 aliphatic carbocycles. The van der Waals surface area contributed by atoms with E-state index in [9.17, 15) is 5.11 Å². The van der Waals surface area contributed by atoms with Gasteiger partial charge in [-0.3, -0.25) is 0 Å². The Bertz CT molecular complexity index is 364. The van der Waals surface area contributed by atoms with Crippen LogP contribution in [0, 0.1) is 0 Å².